The van der Waals surface area contributed by atoms with E-state index in [2.05, 4.69) is 21.3 Å². The van der Waals surface area contributed by atoms with E-state index in [1.807, 2.05) is 19.9 Å². The van der Waals surface area contributed by atoms with Gasteiger partial charge in [-0.25, -0.2) is 19.2 Å². The van der Waals surface area contributed by atoms with Crippen LogP contribution in [-0.2, 0) is 54.0 Å². The third-order valence-corrected chi connectivity index (χ3v) is 11.6. The van der Waals surface area contributed by atoms with E-state index in [0.29, 0.717) is 38.1 Å². The van der Waals surface area contributed by atoms with E-state index in [9.17, 15) is 34.5 Å². The van der Waals surface area contributed by atoms with Crippen LogP contribution in [-0.4, -0.2) is 180 Å². The Kier molecular flexibility index (Phi) is 18.8. The van der Waals surface area contributed by atoms with E-state index in [1.54, 1.807) is 86.6 Å². The first kappa shape index (κ1) is 56.8. The monoisotopic (exact) mass is 998 g/mol. The number of benzene rings is 1. The molecule has 4 aliphatic rings. The summed E-state index contributed by atoms with van der Waals surface area (Å²) in [5, 5.41) is 47.9. The summed E-state index contributed by atoms with van der Waals surface area (Å²) in [7, 11) is 1.35. The molecular formula is C48H79N5O17. The summed E-state index contributed by atoms with van der Waals surface area (Å²) in [6.45, 7) is 20.9. The fourth-order valence-electron chi connectivity index (χ4n) is 8.69. The van der Waals surface area contributed by atoms with Crippen LogP contribution in [0.25, 0.3) is 0 Å². The van der Waals surface area contributed by atoms with Crippen molar-refractivity contribution in [2.24, 2.45) is 0 Å². The number of aliphatic hydroxyl groups excluding tert-OH is 2. The first-order valence-electron chi connectivity index (χ1n) is 24.0. The first-order valence-corrected chi connectivity index (χ1v) is 24.0. The number of hydrogen-bond donors (Lipinski definition) is 7. The SMILES string of the molecule is CN(C(=O)OC(C)(C)C)[C@@H]1C(O)[C@@H](OC2C(O)C(O[C@H]3O[C@H](CNC[C@@H]4COC(C)(C)O4)CCC3NC(=O)OC(C)(C)C)[C@@H](NC(=O)OC(C)(C)C)C[C@H]2NC(=O)OCc2ccccc2)OCC1(C)O. The number of alkyl carbamates (subject to hydrolysis) is 3. The minimum atomic E-state index is -1.82. The molecule has 0 spiro atoms. The Balaban J connectivity index is 1.48. The molecule has 3 saturated heterocycles. The Morgan fingerprint density at radius 1 is 0.729 bits per heavy atom. The molecular weight excluding hydrogens is 919 g/mol. The second-order valence-electron chi connectivity index (χ2n) is 22.1. The highest BCUT2D eigenvalue weighted by Crippen LogP contribution is 2.35. The van der Waals surface area contributed by atoms with Crippen molar-refractivity contribution in [3.63, 3.8) is 0 Å². The van der Waals surface area contributed by atoms with Gasteiger partial charge in [0.2, 0.25) is 0 Å². The summed E-state index contributed by atoms with van der Waals surface area (Å²) in [5.74, 6) is -0.713. The van der Waals surface area contributed by atoms with Crippen molar-refractivity contribution in [1.29, 1.82) is 0 Å². The van der Waals surface area contributed by atoms with E-state index in [4.69, 9.17) is 47.4 Å². The second-order valence-corrected chi connectivity index (χ2v) is 22.1. The van der Waals surface area contributed by atoms with Crippen LogP contribution in [0.2, 0.25) is 0 Å². The topological polar surface area (TPSA) is 273 Å². The Hall–Kier alpha value is -4.10. The molecule has 0 radical (unpaired) electrons. The average Bonchev–Trinajstić information content (AvgIpc) is 3.57. The van der Waals surface area contributed by atoms with Crippen LogP contribution in [0.15, 0.2) is 30.3 Å². The highest BCUT2D eigenvalue weighted by molar-refractivity contribution is 5.70. The molecule has 70 heavy (non-hydrogen) atoms. The van der Waals surface area contributed by atoms with Crippen LogP contribution in [0, 0.1) is 0 Å². The maximum atomic E-state index is 13.6. The van der Waals surface area contributed by atoms with E-state index in [-0.39, 0.29) is 19.1 Å². The molecule has 22 heteroatoms. The summed E-state index contributed by atoms with van der Waals surface area (Å²) in [6, 6.07) is 4.37. The van der Waals surface area contributed by atoms with Crippen molar-refractivity contribution in [3.05, 3.63) is 35.9 Å². The number of nitrogens with one attached hydrogen (secondary N) is 4. The zero-order valence-corrected chi connectivity index (χ0v) is 43.0. The molecule has 13 atom stereocenters. The molecule has 1 aliphatic carbocycles. The smallest absolute Gasteiger partial charge is 0.410 e. The number of aliphatic hydroxyl groups is 3. The van der Waals surface area contributed by atoms with Gasteiger partial charge in [0.05, 0.1) is 49.6 Å². The number of amides is 4. The van der Waals surface area contributed by atoms with E-state index < -0.39 is 126 Å². The van der Waals surface area contributed by atoms with Gasteiger partial charge >= 0.3 is 24.4 Å². The molecule has 7 N–H and O–H groups in total. The van der Waals surface area contributed by atoms with Crippen molar-refractivity contribution in [2.45, 2.75) is 211 Å². The van der Waals surface area contributed by atoms with Gasteiger partial charge in [-0.05, 0) is 108 Å². The molecule has 4 fully saturated rings. The molecule has 0 aromatic heterocycles. The van der Waals surface area contributed by atoms with Crippen molar-refractivity contribution in [3.8, 4) is 0 Å². The van der Waals surface area contributed by atoms with E-state index in [0.717, 1.165) is 4.90 Å². The fraction of sp³-hybridized carbons (Fsp3) is 0.792. The van der Waals surface area contributed by atoms with Crippen LogP contribution >= 0.6 is 0 Å². The molecule has 3 aliphatic heterocycles. The van der Waals surface area contributed by atoms with Crippen LogP contribution < -0.4 is 21.3 Å². The summed E-state index contributed by atoms with van der Waals surface area (Å²) in [5.41, 5.74) is -3.84. The van der Waals surface area contributed by atoms with Gasteiger partial charge < -0.3 is 88.9 Å². The largest absolute Gasteiger partial charge is 0.445 e. The van der Waals surface area contributed by atoms with Crippen molar-refractivity contribution < 1.29 is 81.9 Å². The number of carbonyl (C=O) groups is 4. The lowest BCUT2D eigenvalue weighted by atomic mass is 9.83. The maximum Gasteiger partial charge on any atom is 0.410 e. The molecule has 5 rings (SSSR count). The average molecular weight is 998 g/mol. The summed E-state index contributed by atoms with van der Waals surface area (Å²) in [6.07, 6.45) is -12.9. The minimum Gasteiger partial charge on any atom is -0.445 e. The summed E-state index contributed by atoms with van der Waals surface area (Å²) < 4.78 is 59.7. The predicted molar refractivity (Wildman–Crippen MR) is 250 cm³/mol. The van der Waals surface area contributed by atoms with Crippen molar-refractivity contribution >= 4 is 24.4 Å². The number of hydrogen-bond acceptors (Lipinski definition) is 18. The highest BCUT2D eigenvalue weighted by Gasteiger charge is 2.55. The minimum absolute atomic E-state index is 0.114. The van der Waals surface area contributed by atoms with Gasteiger partial charge in [0.25, 0.3) is 0 Å². The number of carbonyl (C=O) groups excluding carboxylic acids is 4. The Morgan fingerprint density at radius 3 is 1.83 bits per heavy atom. The zero-order chi connectivity index (χ0) is 52.0. The molecule has 1 aromatic carbocycles. The van der Waals surface area contributed by atoms with Crippen molar-refractivity contribution in [1.82, 2.24) is 26.2 Å². The molecule has 1 saturated carbocycles. The van der Waals surface area contributed by atoms with Crippen LogP contribution in [0.1, 0.15) is 108 Å². The van der Waals surface area contributed by atoms with Crippen LogP contribution in [0.5, 0.6) is 0 Å². The lowest BCUT2D eigenvalue weighted by Crippen LogP contribution is -2.70. The van der Waals surface area contributed by atoms with Gasteiger partial charge in [-0.15, -0.1) is 0 Å². The third kappa shape index (κ3) is 17.0. The molecule has 3 heterocycles. The summed E-state index contributed by atoms with van der Waals surface area (Å²) >= 11 is 0. The molecule has 1 aromatic rings. The van der Waals surface area contributed by atoms with Gasteiger partial charge in [0.1, 0.15) is 53.4 Å². The molecule has 398 valence electrons. The molecule has 0 bridgehead atoms. The number of likely N-dealkylation sites (N-methyl/N-ethyl adjacent to an activating group) is 1. The standard InChI is InChI=1S/C48H79N5O17/c1-44(2,3)68-41(57)50-30-20-19-28(22-49-23-29-25-63-47(10,11)67-29)64-38(30)65-35-32(52-42(58)69-45(4,5)6)21-31(51-40(56)61-24-27-17-15-14-16-18-27)36(33(35)54)66-39-34(55)37(48(12,60)26-62-39)53(13)43(59)70-46(7,8)9/h14-18,28-39,49,54-55,60H,19-26H2,1-13H3,(H,50,57)(H,51,56)(H,52,58)/t28-,29+,30?,31+,32-,33?,34?,35?,36?,37+,38+,39+,48?/m0/s1. The lowest BCUT2D eigenvalue weighted by Gasteiger charge is -2.50. The van der Waals surface area contributed by atoms with Gasteiger partial charge in [0, 0.05) is 20.1 Å². The Morgan fingerprint density at radius 2 is 1.27 bits per heavy atom. The second kappa shape index (κ2) is 23.2. The van der Waals surface area contributed by atoms with Gasteiger partial charge in [-0.3, -0.25) is 0 Å². The number of rotatable bonds is 14. The van der Waals surface area contributed by atoms with E-state index >= 15 is 0 Å². The fourth-order valence-corrected chi connectivity index (χ4v) is 8.69. The van der Waals surface area contributed by atoms with Gasteiger partial charge in [-0.2, -0.15) is 0 Å². The van der Waals surface area contributed by atoms with E-state index in [1.165, 1.54) is 14.0 Å². The number of ether oxygens (including phenoxy) is 10. The number of nitrogens with zero attached hydrogens (tertiary/aromatic N) is 1. The zero-order valence-electron chi connectivity index (χ0n) is 43.0. The summed E-state index contributed by atoms with van der Waals surface area (Å²) in [4.78, 5) is 54.9. The quantitative estimate of drug-likeness (QED) is 0.131. The Labute approximate surface area is 411 Å². The Bertz CT molecular complexity index is 1890. The predicted octanol–water partition coefficient (Wildman–Crippen LogP) is 3.55. The maximum absolute atomic E-state index is 13.6. The van der Waals surface area contributed by atoms with Crippen LogP contribution in [0.4, 0.5) is 19.2 Å². The van der Waals surface area contributed by atoms with Crippen molar-refractivity contribution in [2.75, 3.05) is 33.4 Å². The van der Waals surface area contributed by atoms with Gasteiger partial charge in [0.15, 0.2) is 18.4 Å². The lowest BCUT2D eigenvalue weighted by molar-refractivity contribution is -0.314. The van der Waals surface area contributed by atoms with Crippen LogP contribution in [0.3, 0.4) is 0 Å². The third-order valence-electron chi connectivity index (χ3n) is 11.6. The molecule has 4 amide bonds. The highest BCUT2D eigenvalue weighted by atomic mass is 16.7. The molecule has 6 unspecified atom stereocenters. The molecule has 22 nitrogen and oxygen atoms in total. The van der Waals surface area contributed by atoms with Gasteiger partial charge in [-0.1, -0.05) is 30.3 Å². The first-order chi connectivity index (χ1) is 32.4. The normalized spacial score (nSPS) is 32.5.